The van der Waals surface area contributed by atoms with Crippen LogP contribution in [-0.4, -0.2) is 26.0 Å². The minimum absolute atomic E-state index is 0.157. The maximum Gasteiger partial charge on any atom is 0.495 e. The maximum absolute atomic E-state index is 12.8. The summed E-state index contributed by atoms with van der Waals surface area (Å²) < 4.78 is 83.7. The molecule has 0 spiro atoms. The van der Waals surface area contributed by atoms with Crippen molar-refractivity contribution in [3.8, 4) is 11.5 Å². The first kappa shape index (κ1) is 16.6. The molecule has 10 heteroatoms. The number of alkyl halides is 6. The van der Waals surface area contributed by atoms with Crippen LogP contribution in [0.1, 0.15) is 0 Å². The first-order chi connectivity index (χ1) is 9.08. The zero-order valence-electron chi connectivity index (χ0n) is 10.2. The van der Waals surface area contributed by atoms with Gasteiger partial charge in [0.05, 0.1) is 31.9 Å². The van der Waals surface area contributed by atoms with Crippen molar-refractivity contribution in [2.45, 2.75) is 11.8 Å². The number of hydrogen-bond donors (Lipinski definition) is 0. The predicted molar refractivity (Wildman–Crippen MR) is 61.7 cm³/mol. The van der Waals surface area contributed by atoms with Crippen LogP contribution < -0.4 is 13.8 Å². The van der Waals surface area contributed by atoms with Crippen LogP contribution in [0.3, 0.4) is 0 Å². The fourth-order valence-electron chi connectivity index (χ4n) is 1.29. The third-order valence-electron chi connectivity index (χ3n) is 2.03. The number of methoxy groups -OCH3 is 2. The molecule has 0 aliphatic rings. The van der Waals surface area contributed by atoms with Gasteiger partial charge in [-0.25, -0.2) is 4.31 Å². The Morgan fingerprint density at radius 3 is 2.00 bits per heavy atom. The molecule has 0 unspecified atom stereocenters. The fourth-order valence-corrected chi connectivity index (χ4v) is 1.85. The van der Waals surface area contributed by atoms with Gasteiger partial charge in [-0.15, -0.1) is 13.2 Å². The first-order valence-corrected chi connectivity index (χ1v) is 5.70. The van der Waals surface area contributed by atoms with Crippen molar-refractivity contribution in [3.63, 3.8) is 0 Å². The average Bonchev–Trinajstić information content (AvgIpc) is 2.33. The number of rotatable bonds is 4. The molecule has 0 aliphatic heterocycles. The lowest BCUT2D eigenvalue weighted by Gasteiger charge is -2.27. The van der Waals surface area contributed by atoms with Crippen molar-refractivity contribution in [2.24, 2.45) is 0 Å². The van der Waals surface area contributed by atoms with Crippen molar-refractivity contribution in [1.82, 2.24) is 0 Å². The van der Waals surface area contributed by atoms with Gasteiger partial charge >= 0.3 is 11.8 Å². The highest BCUT2D eigenvalue weighted by molar-refractivity contribution is 8.01. The Bertz CT molecular complexity index is 462. The topological polar surface area (TPSA) is 21.7 Å². The van der Waals surface area contributed by atoms with E-state index in [-0.39, 0.29) is 5.75 Å². The molecule has 1 rings (SSSR count). The molecule has 1 aromatic carbocycles. The molecule has 20 heavy (non-hydrogen) atoms. The number of anilines is 1. The molecule has 0 bridgehead atoms. The zero-order chi connectivity index (χ0) is 15.6. The molecule has 0 radical (unpaired) electrons. The molecule has 0 N–H and O–H groups in total. The highest BCUT2D eigenvalue weighted by atomic mass is 32.2. The van der Waals surface area contributed by atoms with Crippen LogP contribution in [0.4, 0.5) is 32.0 Å². The van der Waals surface area contributed by atoms with Gasteiger partial charge in [-0.05, 0) is 12.1 Å². The van der Waals surface area contributed by atoms with Gasteiger partial charge in [0.25, 0.3) is 0 Å². The third-order valence-corrected chi connectivity index (χ3v) is 2.82. The Morgan fingerprint density at radius 1 is 1.00 bits per heavy atom. The maximum atomic E-state index is 12.8. The lowest BCUT2D eigenvalue weighted by atomic mass is 10.2. The van der Waals surface area contributed by atoms with E-state index < -0.39 is 39.5 Å². The smallest absolute Gasteiger partial charge is 0.495 e. The van der Waals surface area contributed by atoms with Gasteiger partial charge in [0, 0.05) is 6.07 Å². The number of ether oxygens (including phenoxy) is 2. The van der Waals surface area contributed by atoms with E-state index in [1.807, 2.05) is 0 Å². The van der Waals surface area contributed by atoms with E-state index in [4.69, 9.17) is 4.74 Å². The summed E-state index contributed by atoms with van der Waals surface area (Å²) in [7, 11) is 2.31. The van der Waals surface area contributed by atoms with Gasteiger partial charge in [-0.3, -0.25) is 0 Å². The molecule has 0 saturated heterocycles. The van der Waals surface area contributed by atoms with Crippen molar-refractivity contribution < 1.29 is 35.8 Å². The van der Waals surface area contributed by atoms with Crippen LogP contribution >= 0.6 is 11.9 Å². The van der Waals surface area contributed by atoms with E-state index in [2.05, 4.69) is 4.74 Å². The second-order valence-electron chi connectivity index (χ2n) is 3.34. The molecule has 0 saturated carbocycles. The van der Waals surface area contributed by atoms with E-state index in [9.17, 15) is 26.3 Å². The largest absolute Gasteiger partial charge is 0.497 e. The third kappa shape index (κ3) is 4.29. The number of halogens is 6. The second-order valence-corrected chi connectivity index (χ2v) is 4.35. The highest BCUT2D eigenvalue weighted by Gasteiger charge is 2.47. The standard InChI is InChI=1S/C10H9F6NO2S/c1-18-6-3-4-7(8(5-6)19-2)17(9(11,12)13)20-10(14,15)16/h3-5H,1-2H3. The van der Waals surface area contributed by atoms with Crippen LogP contribution in [0.5, 0.6) is 11.5 Å². The predicted octanol–water partition coefficient (Wildman–Crippen LogP) is 4.20. The van der Waals surface area contributed by atoms with Crippen LogP contribution in [0, 0.1) is 0 Å². The molecule has 0 fully saturated rings. The molecular weight excluding hydrogens is 312 g/mol. The molecule has 0 atom stereocenters. The van der Waals surface area contributed by atoms with Crippen LogP contribution in [0.2, 0.25) is 0 Å². The van der Waals surface area contributed by atoms with Gasteiger partial charge in [0.2, 0.25) is 0 Å². The monoisotopic (exact) mass is 321 g/mol. The molecule has 0 amide bonds. The molecule has 114 valence electrons. The first-order valence-electron chi connectivity index (χ1n) is 4.93. The molecule has 0 aliphatic carbocycles. The Kier molecular flexibility index (Phi) is 4.90. The van der Waals surface area contributed by atoms with Gasteiger partial charge in [-0.1, -0.05) is 0 Å². The number of benzene rings is 1. The van der Waals surface area contributed by atoms with Crippen LogP contribution in [0.15, 0.2) is 18.2 Å². The quantitative estimate of drug-likeness (QED) is 0.471. The lowest BCUT2D eigenvalue weighted by Crippen LogP contribution is -2.35. The molecule has 0 aromatic heterocycles. The van der Waals surface area contributed by atoms with E-state index in [1.165, 1.54) is 7.11 Å². The van der Waals surface area contributed by atoms with Gasteiger partial charge < -0.3 is 9.47 Å². The van der Waals surface area contributed by atoms with E-state index in [0.717, 1.165) is 25.3 Å². The summed E-state index contributed by atoms with van der Waals surface area (Å²) in [5.41, 5.74) is -5.87. The highest BCUT2D eigenvalue weighted by Crippen LogP contribution is 2.46. The fraction of sp³-hybridized carbons (Fsp3) is 0.400. The molecule has 0 heterocycles. The van der Waals surface area contributed by atoms with E-state index in [0.29, 0.717) is 0 Å². The number of hydrogen-bond acceptors (Lipinski definition) is 4. The van der Waals surface area contributed by atoms with Crippen LogP contribution in [0.25, 0.3) is 0 Å². The second kappa shape index (κ2) is 5.90. The molecule has 3 nitrogen and oxygen atoms in total. The minimum Gasteiger partial charge on any atom is -0.497 e. The van der Waals surface area contributed by atoms with Crippen LogP contribution in [-0.2, 0) is 0 Å². The summed E-state index contributed by atoms with van der Waals surface area (Å²) >= 11 is -1.31. The van der Waals surface area contributed by atoms with Crippen molar-refractivity contribution >= 4 is 17.6 Å². The average molecular weight is 321 g/mol. The van der Waals surface area contributed by atoms with Crippen molar-refractivity contribution in [2.75, 3.05) is 18.5 Å². The Morgan fingerprint density at radius 2 is 1.60 bits per heavy atom. The summed E-state index contributed by atoms with van der Waals surface area (Å²) in [5.74, 6) is -0.233. The Hall–Kier alpha value is -1.45. The van der Waals surface area contributed by atoms with Crippen molar-refractivity contribution in [3.05, 3.63) is 18.2 Å². The molecular formula is C10H9F6NO2S. The zero-order valence-corrected chi connectivity index (χ0v) is 11.0. The van der Waals surface area contributed by atoms with Gasteiger partial charge in [0.15, 0.2) is 0 Å². The van der Waals surface area contributed by atoms with Crippen molar-refractivity contribution in [1.29, 1.82) is 0 Å². The summed E-state index contributed by atoms with van der Waals surface area (Å²) in [6, 6.07) is 3.00. The van der Waals surface area contributed by atoms with Gasteiger partial charge in [0.1, 0.15) is 11.5 Å². The van der Waals surface area contributed by atoms with E-state index in [1.54, 1.807) is 0 Å². The SMILES string of the molecule is COc1ccc(N(SC(F)(F)F)C(F)(F)F)c(OC)c1. The minimum atomic E-state index is -5.23. The Balaban J connectivity index is 3.27. The Labute approximate surface area is 114 Å². The lowest BCUT2D eigenvalue weighted by molar-refractivity contribution is -0.117. The summed E-state index contributed by atoms with van der Waals surface area (Å²) in [6.07, 6.45) is -5.23. The van der Waals surface area contributed by atoms with Gasteiger partial charge in [-0.2, -0.15) is 13.2 Å². The normalized spacial score (nSPS) is 12.2. The summed E-state index contributed by atoms with van der Waals surface area (Å²) in [5, 5.41) is 0. The van der Waals surface area contributed by atoms with E-state index >= 15 is 0 Å². The molecule has 1 aromatic rings. The number of nitrogens with zero attached hydrogens (tertiary/aromatic N) is 1. The summed E-state index contributed by atoms with van der Waals surface area (Å²) in [4.78, 5) is 0. The summed E-state index contributed by atoms with van der Waals surface area (Å²) in [6.45, 7) is 0.